The second-order valence-corrected chi connectivity index (χ2v) is 9.29. The lowest BCUT2D eigenvalue weighted by molar-refractivity contribution is -0.159. The van der Waals surface area contributed by atoms with Gasteiger partial charge in [0.25, 0.3) is 0 Å². The Balaban J connectivity index is 1.70. The van der Waals surface area contributed by atoms with E-state index in [0.29, 0.717) is 5.25 Å². The van der Waals surface area contributed by atoms with Crippen molar-refractivity contribution in [2.75, 3.05) is 11.5 Å². The summed E-state index contributed by atoms with van der Waals surface area (Å²) in [7, 11) is 0. The van der Waals surface area contributed by atoms with Crippen LogP contribution in [0.5, 0.6) is 0 Å². The summed E-state index contributed by atoms with van der Waals surface area (Å²) in [6.07, 6.45) is 0.959. The second kappa shape index (κ2) is 7.78. The monoisotopic (exact) mass is 338 g/mol. The van der Waals surface area contributed by atoms with Crippen LogP contribution in [0.2, 0.25) is 0 Å². The fourth-order valence-corrected chi connectivity index (χ4v) is 5.13. The Bertz CT molecular complexity index is 491. The Morgan fingerprint density at radius 3 is 2.64 bits per heavy atom. The molecule has 0 radical (unpaired) electrons. The van der Waals surface area contributed by atoms with Gasteiger partial charge < -0.3 is 4.74 Å². The summed E-state index contributed by atoms with van der Waals surface area (Å²) in [4.78, 5) is 12.1. The van der Waals surface area contributed by atoms with Gasteiger partial charge in [-0.2, -0.15) is 23.5 Å². The molecule has 0 amide bonds. The zero-order valence-corrected chi connectivity index (χ0v) is 15.6. The highest BCUT2D eigenvalue weighted by atomic mass is 32.2. The van der Waals surface area contributed by atoms with E-state index >= 15 is 0 Å². The quantitative estimate of drug-likeness (QED) is 0.728. The molecule has 2 atom stereocenters. The smallest absolute Gasteiger partial charge is 0.310 e. The van der Waals surface area contributed by atoms with Crippen LogP contribution in [0.25, 0.3) is 0 Å². The number of thioether (sulfide) groups is 2. The molecular formula is C18H26O2S2. The lowest BCUT2D eigenvalue weighted by Crippen LogP contribution is -2.29. The third-order valence-electron chi connectivity index (χ3n) is 3.51. The SMILES string of the molecule is Cc1ccc(CSCC2CC(C(=O)OC(C)(C)C)CS2)cc1. The first-order valence-electron chi connectivity index (χ1n) is 7.81. The molecular weight excluding hydrogens is 312 g/mol. The number of hydrogen-bond donors (Lipinski definition) is 0. The van der Waals surface area contributed by atoms with Crippen molar-refractivity contribution in [3.63, 3.8) is 0 Å². The molecule has 1 fully saturated rings. The number of benzene rings is 1. The van der Waals surface area contributed by atoms with Crippen LogP contribution in [-0.2, 0) is 15.3 Å². The Hall–Kier alpha value is -0.610. The number of rotatable bonds is 5. The summed E-state index contributed by atoms with van der Waals surface area (Å²) in [6, 6.07) is 8.73. The molecule has 2 unspecified atom stereocenters. The fourth-order valence-electron chi connectivity index (χ4n) is 2.36. The van der Waals surface area contributed by atoms with E-state index in [9.17, 15) is 4.79 Å². The molecule has 1 aromatic carbocycles. The predicted molar refractivity (Wildman–Crippen MR) is 97.5 cm³/mol. The molecule has 0 N–H and O–H groups in total. The fraction of sp³-hybridized carbons (Fsp3) is 0.611. The highest BCUT2D eigenvalue weighted by Gasteiger charge is 2.33. The average Bonchev–Trinajstić information content (AvgIpc) is 2.88. The largest absolute Gasteiger partial charge is 0.460 e. The van der Waals surface area contributed by atoms with E-state index in [-0.39, 0.29) is 17.5 Å². The summed E-state index contributed by atoms with van der Waals surface area (Å²) in [5, 5.41) is 0.577. The zero-order valence-electron chi connectivity index (χ0n) is 13.9. The molecule has 0 aliphatic carbocycles. The lowest BCUT2D eigenvalue weighted by atomic mass is 10.1. The van der Waals surface area contributed by atoms with Gasteiger partial charge >= 0.3 is 5.97 Å². The summed E-state index contributed by atoms with van der Waals surface area (Å²) >= 11 is 3.88. The Labute approximate surface area is 142 Å². The van der Waals surface area contributed by atoms with Crippen molar-refractivity contribution in [1.82, 2.24) is 0 Å². The van der Waals surface area contributed by atoms with E-state index < -0.39 is 0 Å². The first kappa shape index (κ1) is 17.7. The Morgan fingerprint density at radius 1 is 1.32 bits per heavy atom. The molecule has 1 saturated heterocycles. The van der Waals surface area contributed by atoms with Crippen molar-refractivity contribution in [3.8, 4) is 0 Å². The van der Waals surface area contributed by atoms with Gasteiger partial charge in [0.05, 0.1) is 5.92 Å². The number of aryl methyl sites for hydroxylation is 1. The van der Waals surface area contributed by atoms with Gasteiger partial charge in [0.15, 0.2) is 0 Å². The van der Waals surface area contributed by atoms with E-state index in [2.05, 4.69) is 31.2 Å². The predicted octanol–water partition coefficient (Wildman–Crippen LogP) is 4.69. The molecule has 0 bridgehead atoms. The number of carbonyl (C=O) groups is 1. The number of carbonyl (C=O) groups excluding carboxylic acids is 1. The van der Waals surface area contributed by atoms with Crippen molar-refractivity contribution < 1.29 is 9.53 Å². The maximum Gasteiger partial charge on any atom is 0.310 e. The third kappa shape index (κ3) is 5.88. The van der Waals surface area contributed by atoms with E-state index in [1.165, 1.54) is 11.1 Å². The Morgan fingerprint density at radius 2 is 2.00 bits per heavy atom. The van der Waals surface area contributed by atoms with Gasteiger partial charge in [0.2, 0.25) is 0 Å². The van der Waals surface area contributed by atoms with Crippen LogP contribution in [0.1, 0.15) is 38.3 Å². The first-order valence-corrected chi connectivity index (χ1v) is 10.0. The minimum atomic E-state index is -0.375. The summed E-state index contributed by atoms with van der Waals surface area (Å²) in [5.74, 6) is 3.12. The minimum absolute atomic E-state index is 0.0222. The van der Waals surface area contributed by atoms with E-state index in [0.717, 1.165) is 23.7 Å². The number of esters is 1. The standard InChI is InChI=1S/C18H26O2S2/c1-13-5-7-14(8-6-13)10-21-12-16-9-15(11-22-16)17(19)20-18(2,3)4/h5-8,15-16H,9-12H2,1-4H3. The number of ether oxygens (including phenoxy) is 1. The van der Waals surface area contributed by atoms with Gasteiger partial charge in [-0.25, -0.2) is 0 Å². The van der Waals surface area contributed by atoms with Crippen molar-refractivity contribution >= 4 is 29.5 Å². The maximum absolute atomic E-state index is 12.1. The Kier molecular flexibility index (Phi) is 6.27. The molecule has 22 heavy (non-hydrogen) atoms. The van der Waals surface area contributed by atoms with Crippen LogP contribution in [0.3, 0.4) is 0 Å². The van der Waals surface area contributed by atoms with Crippen LogP contribution >= 0.6 is 23.5 Å². The van der Waals surface area contributed by atoms with Crippen LogP contribution in [-0.4, -0.2) is 28.3 Å². The van der Waals surface area contributed by atoms with Crippen molar-refractivity contribution in [3.05, 3.63) is 35.4 Å². The molecule has 1 aliphatic rings. The van der Waals surface area contributed by atoms with Gasteiger partial charge in [0.1, 0.15) is 5.60 Å². The molecule has 0 spiro atoms. The van der Waals surface area contributed by atoms with Crippen molar-refractivity contribution in [1.29, 1.82) is 0 Å². The molecule has 2 rings (SSSR count). The van der Waals surface area contributed by atoms with Gasteiger partial charge in [-0.15, -0.1) is 0 Å². The third-order valence-corrected chi connectivity index (χ3v) is 6.33. The molecule has 1 aliphatic heterocycles. The molecule has 122 valence electrons. The summed E-state index contributed by atoms with van der Waals surface area (Å²) in [5.41, 5.74) is 2.31. The van der Waals surface area contributed by atoms with Gasteiger partial charge in [0, 0.05) is 22.5 Å². The van der Waals surface area contributed by atoms with Gasteiger partial charge in [-0.3, -0.25) is 4.79 Å². The van der Waals surface area contributed by atoms with Crippen LogP contribution in [0.15, 0.2) is 24.3 Å². The van der Waals surface area contributed by atoms with Crippen molar-refractivity contribution in [2.45, 2.75) is 50.7 Å². The van der Waals surface area contributed by atoms with Crippen LogP contribution < -0.4 is 0 Å². The highest BCUT2D eigenvalue weighted by Crippen LogP contribution is 2.35. The molecule has 1 aromatic rings. The van der Waals surface area contributed by atoms with Crippen molar-refractivity contribution in [2.24, 2.45) is 5.92 Å². The normalized spacial score (nSPS) is 21.8. The second-order valence-electron chi connectivity index (χ2n) is 6.92. The molecule has 1 heterocycles. The lowest BCUT2D eigenvalue weighted by Gasteiger charge is -2.21. The highest BCUT2D eigenvalue weighted by molar-refractivity contribution is 8.03. The summed E-state index contributed by atoms with van der Waals surface area (Å²) < 4.78 is 5.50. The first-order chi connectivity index (χ1) is 10.3. The molecule has 2 nitrogen and oxygen atoms in total. The van der Waals surface area contributed by atoms with E-state index in [4.69, 9.17) is 4.74 Å². The van der Waals surface area contributed by atoms with Crippen LogP contribution in [0.4, 0.5) is 0 Å². The summed E-state index contributed by atoms with van der Waals surface area (Å²) in [6.45, 7) is 7.91. The molecule has 0 saturated carbocycles. The minimum Gasteiger partial charge on any atom is -0.460 e. The maximum atomic E-state index is 12.1. The molecule has 4 heteroatoms. The topological polar surface area (TPSA) is 26.3 Å². The van der Waals surface area contributed by atoms with Crippen LogP contribution in [0, 0.1) is 12.8 Å². The number of hydrogen-bond acceptors (Lipinski definition) is 4. The zero-order chi connectivity index (χ0) is 16.2. The molecule has 0 aromatic heterocycles. The van der Waals surface area contributed by atoms with E-state index in [1.807, 2.05) is 44.3 Å². The van der Waals surface area contributed by atoms with E-state index in [1.54, 1.807) is 0 Å². The van der Waals surface area contributed by atoms with Gasteiger partial charge in [-0.05, 0) is 39.7 Å². The average molecular weight is 339 g/mol. The van der Waals surface area contributed by atoms with Gasteiger partial charge in [-0.1, -0.05) is 29.8 Å².